The topological polar surface area (TPSA) is 80.4 Å². The van der Waals surface area contributed by atoms with Gasteiger partial charge in [0.05, 0.1) is 4.92 Å². The van der Waals surface area contributed by atoms with Crippen molar-refractivity contribution >= 4 is 29.1 Å². The maximum atomic E-state index is 11.9. The van der Waals surface area contributed by atoms with Gasteiger partial charge in [-0.05, 0) is 42.0 Å². The summed E-state index contributed by atoms with van der Waals surface area (Å²) >= 11 is 5.71. The van der Waals surface area contributed by atoms with Gasteiger partial charge in [0.25, 0.3) is 5.69 Å². The fourth-order valence-electron chi connectivity index (χ4n) is 1.67. The Kier molecular flexibility index (Phi) is 4.35. The van der Waals surface area contributed by atoms with Crippen molar-refractivity contribution in [2.24, 2.45) is 0 Å². The molecule has 0 atom stereocenters. The Morgan fingerprint density at radius 1 is 1.19 bits per heavy atom. The number of carbonyl (C=O) groups excluding carboxylic acids is 1. The van der Waals surface area contributed by atoms with Crippen LogP contribution in [0, 0.1) is 10.1 Å². The number of carbonyl (C=O) groups is 1. The maximum Gasteiger partial charge on any atom is 0.288 e. The highest BCUT2D eigenvalue weighted by Gasteiger charge is 2.11. The van der Waals surface area contributed by atoms with Gasteiger partial charge >= 0.3 is 0 Å². The molecule has 0 aromatic heterocycles. The van der Waals surface area contributed by atoms with Crippen molar-refractivity contribution in [1.82, 2.24) is 0 Å². The summed E-state index contributed by atoms with van der Waals surface area (Å²) in [5.74, 6) is -0.198. The summed E-state index contributed by atoms with van der Waals surface area (Å²) in [7, 11) is 0. The van der Waals surface area contributed by atoms with Crippen LogP contribution < -0.4 is 0 Å². The van der Waals surface area contributed by atoms with E-state index >= 15 is 0 Å². The summed E-state index contributed by atoms with van der Waals surface area (Å²) in [6, 6.07) is 10.1. The van der Waals surface area contributed by atoms with Crippen LogP contribution >= 0.6 is 11.6 Å². The highest BCUT2D eigenvalue weighted by Crippen LogP contribution is 2.25. The number of aromatic hydroxyl groups is 1. The van der Waals surface area contributed by atoms with Crippen molar-refractivity contribution in [1.29, 1.82) is 0 Å². The first-order chi connectivity index (χ1) is 9.97. The van der Waals surface area contributed by atoms with Crippen LogP contribution in [0.4, 0.5) is 5.69 Å². The van der Waals surface area contributed by atoms with Gasteiger partial charge in [-0.2, -0.15) is 0 Å². The van der Waals surface area contributed by atoms with E-state index in [4.69, 9.17) is 16.7 Å². The molecular formula is C15H10ClNO4. The lowest BCUT2D eigenvalue weighted by atomic mass is 10.1. The molecule has 0 saturated carbocycles. The second-order valence-electron chi connectivity index (χ2n) is 4.21. The number of phenolic OH excluding ortho intramolecular Hbond substituents is 1. The molecule has 0 fully saturated rings. The fraction of sp³-hybridized carbons (Fsp3) is 0. The molecule has 21 heavy (non-hydrogen) atoms. The quantitative estimate of drug-likeness (QED) is 0.402. The van der Waals surface area contributed by atoms with Crippen molar-refractivity contribution in [3.8, 4) is 5.75 Å². The zero-order valence-electron chi connectivity index (χ0n) is 10.7. The number of allylic oxidation sites excluding steroid dienone is 1. The summed E-state index contributed by atoms with van der Waals surface area (Å²) in [5, 5.41) is 20.0. The number of rotatable bonds is 4. The van der Waals surface area contributed by atoms with Gasteiger partial charge in [-0.3, -0.25) is 14.9 Å². The standard InChI is InChI=1S/C15H10ClNO4/c16-13-7-1-10(9-14(13)17(20)21)2-8-15(19)11-3-5-12(18)6-4-11/h1-9,18H/b8-2+. The Morgan fingerprint density at radius 2 is 1.86 bits per heavy atom. The predicted molar refractivity (Wildman–Crippen MR) is 79.6 cm³/mol. The second kappa shape index (κ2) is 6.19. The van der Waals surface area contributed by atoms with Crippen LogP contribution in [0.3, 0.4) is 0 Å². The number of hydrogen-bond donors (Lipinski definition) is 1. The Bertz CT molecular complexity index is 723. The molecule has 2 aromatic carbocycles. The van der Waals surface area contributed by atoms with E-state index in [0.29, 0.717) is 11.1 Å². The third kappa shape index (κ3) is 3.67. The predicted octanol–water partition coefficient (Wildman–Crippen LogP) is 3.85. The SMILES string of the molecule is O=C(/C=C/c1ccc(Cl)c([N+](=O)[O-])c1)c1ccc(O)cc1. The minimum Gasteiger partial charge on any atom is -0.508 e. The number of benzene rings is 2. The summed E-state index contributed by atoms with van der Waals surface area (Å²) in [4.78, 5) is 22.1. The molecule has 0 heterocycles. The zero-order chi connectivity index (χ0) is 15.4. The Morgan fingerprint density at radius 3 is 2.48 bits per heavy atom. The highest BCUT2D eigenvalue weighted by molar-refractivity contribution is 6.32. The monoisotopic (exact) mass is 303 g/mol. The van der Waals surface area contributed by atoms with E-state index in [2.05, 4.69) is 0 Å². The van der Waals surface area contributed by atoms with Crippen LogP contribution in [-0.2, 0) is 0 Å². The van der Waals surface area contributed by atoms with Crippen molar-refractivity contribution in [3.63, 3.8) is 0 Å². The Hall–Kier alpha value is -2.66. The Balaban J connectivity index is 2.21. The number of nitrogens with zero attached hydrogens (tertiary/aromatic N) is 1. The van der Waals surface area contributed by atoms with Crippen molar-refractivity contribution in [2.75, 3.05) is 0 Å². The van der Waals surface area contributed by atoms with Gasteiger partial charge < -0.3 is 5.11 Å². The van der Waals surface area contributed by atoms with Crippen molar-refractivity contribution in [3.05, 3.63) is 74.8 Å². The van der Waals surface area contributed by atoms with Crippen LogP contribution in [0.1, 0.15) is 15.9 Å². The Labute approximate surface area is 125 Å². The van der Waals surface area contributed by atoms with E-state index < -0.39 is 4.92 Å². The number of phenols is 1. The van der Waals surface area contributed by atoms with Crippen LogP contribution in [0.15, 0.2) is 48.5 Å². The summed E-state index contributed by atoms with van der Waals surface area (Å²) in [5.41, 5.74) is 0.696. The smallest absolute Gasteiger partial charge is 0.288 e. The molecule has 0 bridgehead atoms. The lowest BCUT2D eigenvalue weighted by molar-refractivity contribution is -0.384. The molecule has 106 valence electrons. The molecule has 0 aliphatic heterocycles. The summed E-state index contributed by atoms with van der Waals surface area (Å²) in [6.45, 7) is 0. The van der Waals surface area contributed by atoms with Gasteiger partial charge in [0, 0.05) is 11.6 Å². The van der Waals surface area contributed by atoms with Gasteiger partial charge in [-0.25, -0.2) is 0 Å². The molecule has 2 aromatic rings. The third-order valence-corrected chi connectivity index (χ3v) is 3.07. The van der Waals surface area contributed by atoms with Crippen LogP contribution in [0.2, 0.25) is 5.02 Å². The van der Waals surface area contributed by atoms with Crippen molar-refractivity contribution < 1.29 is 14.8 Å². The average Bonchev–Trinajstić information content (AvgIpc) is 2.46. The lowest BCUT2D eigenvalue weighted by Gasteiger charge is -1.98. The van der Waals surface area contributed by atoms with Crippen molar-refractivity contribution in [2.45, 2.75) is 0 Å². The zero-order valence-corrected chi connectivity index (χ0v) is 11.4. The first-order valence-corrected chi connectivity index (χ1v) is 6.30. The molecule has 0 unspecified atom stereocenters. The molecule has 0 aliphatic rings. The minimum atomic E-state index is -0.582. The van der Waals surface area contributed by atoms with Gasteiger partial charge in [-0.15, -0.1) is 0 Å². The number of hydrogen-bond acceptors (Lipinski definition) is 4. The second-order valence-corrected chi connectivity index (χ2v) is 4.62. The first-order valence-electron chi connectivity index (χ1n) is 5.93. The molecule has 5 nitrogen and oxygen atoms in total. The molecule has 0 amide bonds. The van der Waals surface area contributed by atoms with E-state index in [1.807, 2.05) is 0 Å². The van der Waals surface area contributed by atoms with E-state index in [-0.39, 0.29) is 22.2 Å². The normalized spacial score (nSPS) is 10.7. The average molecular weight is 304 g/mol. The number of nitro groups is 1. The van der Waals surface area contributed by atoms with Gasteiger partial charge in [-0.1, -0.05) is 23.7 Å². The molecule has 2 rings (SSSR count). The van der Waals surface area contributed by atoms with E-state index in [1.165, 1.54) is 48.6 Å². The molecule has 0 aliphatic carbocycles. The molecule has 1 N–H and O–H groups in total. The van der Waals surface area contributed by atoms with Crippen LogP contribution in [0.25, 0.3) is 6.08 Å². The maximum absolute atomic E-state index is 11.9. The number of halogens is 1. The molecule has 0 spiro atoms. The van der Waals surface area contributed by atoms with Gasteiger partial charge in [0.2, 0.25) is 0 Å². The molecular weight excluding hydrogens is 294 g/mol. The lowest BCUT2D eigenvalue weighted by Crippen LogP contribution is -1.93. The van der Waals surface area contributed by atoms with E-state index in [9.17, 15) is 14.9 Å². The summed E-state index contributed by atoms with van der Waals surface area (Å²) < 4.78 is 0. The largest absolute Gasteiger partial charge is 0.508 e. The van der Waals surface area contributed by atoms with Gasteiger partial charge in [0.15, 0.2) is 5.78 Å². The minimum absolute atomic E-state index is 0.0435. The van der Waals surface area contributed by atoms with Crippen LogP contribution in [0.5, 0.6) is 5.75 Å². The van der Waals surface area contributed by atoms with E-state index in [0.717, 1.165) is 0 Å². The number of ketones is 1. The molecule has 6 heteroatoms. The third-order valence-electron chi connectivity index (χ3n) is 2.75. The summed E-state index contributed by atoms with van der Waals surface area (Å²) in [6.07, 6.45) is 2.78. The highest BCUT2D eigenvalue weighted by atomic mass is 35.5. The number of nitro benzene ring substituents is 1. The van der Waals surface area contributed by atoms with Crippen LogP contribution in [-0.4, -0.2) is 15.8 Å². The first kappa shape index (κ1) is 14.7. The fourth-order valence-corrected chi connectivity index (χ4v) is 1.85. The van der Waals surface area contributed by atoms with E-state index in [1.54, 1.807) is 6.07 Å². The molecule has 0 saturated heterocycles. The molecule has 0 radical (unpaired) electrons. The van der Waals surface area contributed by atoms with Gasteiger partial charge in [0.1, 0.15) is 10.8 Å².